The van der Waals surface area contributed by atoms with Crippen LogP contribution < -0.4 is 5.73 Å². The standard InChI is InChI=1S/C17H15Cl2N3O2/c1-9-12(7-20)15(11-3-2-10(18)6-13(11)19)16-14(21-9)8-22(4-5-23)17(16)24/h2-3,5-6H,4,7-8,20H2,1H3. The Kier molecular flexibility index (Phi) is 4.58. The number of nitrogens with zero attached hydrogens (tertiary/aromatic N) is 2. The number of aryl methyl sites for hydroxylation is 1. The SMILES string of the molecule is Cc1nc2c(c(-c3ccc(Cl)cc3Cl)c1CN)C(=O)N(CC=O)C2. The van der Waals surface area contributed by atoms with Crippen molar-refractivity contribution in [2.24, 2.45) is 5.73 Å². The number of hydrogen-bond donors (Lipinski definition) is 1. The molecule has 1 aromatic heterocycles. The van der Waals surface area contributed by atoms with Crippen molar-refractivity contribution >= 4 is 35.4 Å². The van der Waals surface area contributed by atoms with E-state index in [-0.39, 0.29) is 19.0 Å². The second-order valence-corrected chi connectivity index (χ2v) is 6.40. The lowest BCUT2D eigenvalue weighted by molar-refractivity contribution is -0.108. The summed E-state index contributed by atoms with van der Waals surface area (Å²) < 4.78 is 0. The van der Waals surface area contributed by atoms with Crippen LogP contribution in [-0.4, -0.2) is 28.6 Å². The van der Waals surface area contributed by atoms with Crippen molar-refractivity contribution in [3.05, 3.63) is 50.8 Å². The molecule has 0 bridgehead atoms. The Balaban J connectivity index is 2.30. The largest absolute Gasteiger partial charge is 0.326 e. The van der Waals surface area contributed by atoms with Crippen LogP contribution >= 0.6 is 23.2 Å². The Bertz CT molecular complexity index is 852. The maximum absolute atomic E-state index is 12.8. The molecule has 1 amide bonds. The fourth-order valence-electron chi connectivity index (χ4n) is 3.03. The maximum Gasteiger partial charge on any atom is 0.257 e. The molecule has 124 valence electrons. The lowest BCUT2D eigenvalue weighted by Crippen LogP contribution is -2.26. The van der Waals surface area contributed by atoms with E-state index < -0.39 is 0 Å². The van der Waals surface area contributed by atoms with Gasteiger partial charge < -0.3 is 15.4 Å². The van der Waals surface area contributed by atoms with E-state index in [1.165, 1.54) is 4.90 Å². The molecule has 0 radical (unpaired) electrons. The third kappa shape index (κ3) is 2.69. The van der Waals surface area contributed by atoms with Gasteiger partial charge in [-0.05, 0) is 24.6 Å². The highest BCUT2D eigenvalue weighted by Crippen LogP contribution is 2.39. The zero-order valence-electron chi connectivity index (χ0n) is 13.0. The van der Waals surface area contributed by atoms with Gasteiger partial charge in [0.15, 0.2) is 0 Å². The number of benzene rings is 1. The van der Waals surface area contributed by atoms with E-state index >= 15 is 0 Å². The second-order valence-electron chi connectivity index (χ2n) is 5.55. The van der Waals surface area contributed by atoms with Gasteiger partial charge in [-0.3, -0.25) is 9.78 Å². The smallest absolute Gasteiger partial charge is 0.257 e. The van der Waals surface area contributed by atoms with Crippen LogP contribution in [0.15, 0.2) is 18.2 Å². The number of carbonyl (C=O) groups excluding carboxylic acids is 2. The lowest BCUT2D eigenvalue weighted by Gasteiger charge is -2.16. The number of aromatic nitrogens is 1. The van der Waals surface area contributed by atoms with Gasteiger partial charge in [-0.15, -0.1) is 0 Å². The van der Waals surface area contributed by atoms with Crippen molar-refractivity contribution in [1.82, 2.24) is 9.88 Å². The van der Waals surface area contributed by atoms with Crippen LogP contribution in [0.3, 0.4) is 0 Å². The van der Waals surface area contributed by atoms with Crippen LogP contribution in [-0.2, 0) is 17.9 Å². The van der Waals surface area contributed by atoms with E-state index in [0.717, 1.165) is 11.3 Å². The van der Waals surface area contributed by atoms with Crippen molar-refractivity contribution in [3.8, 4) is 11.1 Å². The van der Waals surface area contributed by atoms with Crippen LogP contribution in [0.1, 0.15) is 27.3 Å². The highest BCUT2D eigenvalue weighted by molar-refractivity contribution is 6.36. The van der Waals surface area contributed by atoms with Crippen LogP contribution in [0.2, 0.25) is 10.0 Å². The van der Waals surface area contributed by atoms with E-state index in [1.54, 1.807) is 18.2 Å². The number of halogens is 2. The fourth-order valence-corrected chi connectivity index (χ4v) is 3.54. The fraction of sp³-hybridized carbons (Fsp3) is 0.235. The van der Waals surface area contributed by atoms with Gasteiger partial charge in [0.05, 0.1) is 24.3 Å². The summed E-state index contributed by atoms with van der Waals surface area (Å²) in [6, 6.07) is 5.12. The topological polar surface area (TPSA) is 76.3 Å². The third-order valence-corrected chi connectivity index (χ3v) is 4.67. The van der Waals surface area contributed by atoms with E-state index in [4.69, 9.17) is 28.9 Å². The molecule has 3 rings (SSSR count). The van der Waals surface area contributed by atoms with Crippen molar-refractivity contribution in [2.45, 2.75) is 20.0 Å². The normalized spacial score (nSPS) is 13.3. The molecular weight excluding hydrogens is 349 g/mol. The summed E-state index contributed by atoms with van der Waals surface area (Å²) in [4.78, 5) is 29.5. The molecule has 5 nitrogen and oxygen atoms in total. The van der Waals surface area contributed by atoms with Gasteiger partial charge in [0, 0.05) is 33.4 Å². The minimum absolute atomic E-state index is 0.0278. The summed E-state index contributed by atoms with van der Waals surface area (Å²) in [6.07, 6.45) is 0.704. The van der Waals surface area contributed by atoms with Crippen LogP contribution in [0.4, 0.5) is 0 Å². The average Bonchev–Trinajstić information content (AvgIpc) is 2.83. The Morgan fingerprint density at radius 2 is 2.08 bits per heavy atom. The molecular formula is C17H15Cl2N3O2. The Labute approximate surface area is 149 Å². The van der Waals surface area contributed by atoms with Gasteiger partial charge in [-0.2, -0.15) is 0 Å². The summed E-state index contributed by atoms with van der Waals surface area (Å²) in [7, 11) is 0. The highest BCUT2D eigenvalue weighted by atomic mass is 35.5. The zero-order valence-corrected chi connectivity index (χ0v) is 14.5. The first-order chi connectivity index (χ1) is 11.5. The predicted octanol–water partition coefficient (Wildman–Crippen LogP) is 2.98. The summed E-state index contributed by atoms with van der Waals surface area (Å²) in [5.41, 5.74) is 9.89. The molecule has 0 aliphatic carbocycles. The molecule has 2 N–H and O–H groups in total. The Hall–Kier alpha value is -1.95. The minimum Gasteiger partial charge on any atom is -0.326 e. The molecule has 0 atom stereocenters. The molecule has 1 aromatic carbocycles. The summed E-state index contributed by atoms with van der Waals surface area (Å²) >= 11 is 12.3. The molecule has 0 saturated heterocycles. The first-order valence-corrected chi connectivity index (χ1v) is 8.14. The number of fused-ring (bicyclic) bond motifs is 1. The van der Waals surface area contributed by atoms with Crippen molar-refractivity contribution in [1.29, 1.82) is 0 Å². The van der Waals surface area contributed by atoms with Crippen molar-refractivity contribution in [2.75, 3.05) is 6.54 Å². The van der Waals surface area contributed by atoms with Crippen molar-refractivity contribution in [3.63, 3.8) is 0 Å². The van der Waals surface area contributed by atoms with E-state index in [9.17, 15) is 9.59 Å². The number of rotatable bonds is 4. The second kappa shape index (κ2) is 6.51. The zero-order chi connectivity index (χ0) is 17.4. The molecule has 0 spiro atoms. The molecule has 2 heterocycles. The number of hydrogen-bond acceptors (Lipinski definition) is 4. The van der Waals surface area contributed by atoms with Gasteiger partial charge in [0.25, 0.3) is 5.91 Å². The Morgan fingerprint density at radius 1 is 1.33 bits per heavy atom. The molecule has 0 saturated carbocycles. The van der Waals surface area contributed by atoms with Gasteiger partial charge in [0.2, 0.25) is 0 Å². The van der Waals surface area contributed by atoms with Crippen LogP contribution in [0.5, 0.6) is 0 Å². The number of pyridine rings is 1. The molecule has 1 aliphatic heterocycles. The average molecular weight is 364 g/mol. The molecule has 1 aliphatic rings. The minimum atomic E-state index is -0.236. The number of aldehydes is 1. The van der Waals surface area contributed by atoms with Gasteiger partial charge in [0.1, 0.15) is 6.29 Å². The molecule has 24 heavy (non-hydrogen) atoms. The summed E-state index contributed by atoms with van der Waals surface area (Å²) in [5.74, 6) is -0.236. The Morgan fingerprint density at radius 3 is 2.71 bits per heavy atom. The molecule has 2 aromatic rings. The number of nitrogens with two attached hydrogens (primary N) is 1. The summed E-state index contributed by atoms with van der Waals surface area (Å²) in [5, 5.41) is 0.945. The number of amides is 1. The first-order valence-electron chi connectivity index (χ1n) is 7.38. The quantitative estimate of drug-likeness (QED) is 0.847. The lowest BCUT2D eigenvalue weighted by atomic mass is 9.93. The monoisotopic (exact) mass is 363 g/mol. The third-order valence-electron chi connectivity index (χ3n) is 4.12. The van der Waals surface area contributed by atoms with Crippen LogP contribution in [0, 0.1) is 6.92 Å². The van der Waals surface area contributed by atoms with E-state index in [1.807, 2.05) is 6.92 Å². The first kappa shape index (κ1) is 16.9. The molecule has 7 heteroatoms. The predicted molar refractivity (Wildman–Crippen MR) is 93.1 cm³/mol. The molecule has 0 unspecified atom stereocenters. The van der Waals surface area contributed by atoms with Gasteiger partial charge >= 0.3 is 0 Å². The summed E-state index contributed by atoms with van der Waals surface area (Å²) in [6.45, 7) is 2.40. The van der Waals surface area contributed by atoms with E-state index in [0.29, 0.717) is 45.3 Å². The van der Waals surface area contributed by atoms with Crippen LogP contribution in [0.25, 0.3) is 11.1 Å². The number of carbonyl (C=O) groups is 2. The van der Waals surface area contributed by atoms with E-state index in [2.05, 4.69) is 4.98 Å². The maximum atomic E-state index is 12.8. The van der Waals surface area contributed by atoms with Crippen molar-refractivity contribution < 1.29 is 9.59 Å². The van der Waals surface area contributed by atoms with Gasteiger partial charge in [-0.1, -0.05) is 29.3 Å². The van der Waals surface area contributed by atoms with Gasteiger partial charge in [-0.25, -0.2) is 0 Å². The molecule has 0 fully saturated rings. The highest BCUT2D eigenvalue weighted by Gasteiger charge is 2.34.